The van der Waals surface area contributed by atoms with Crippen LogP contribution in [-0.4, -0.2) is 18.4 Å². The van der Waals surface area contributed by atoms with Crippen molar-refractivity contribution in [1.29, 1.82) is 0 Å². The summed E-state index contributed by atoms with van der Waals surface area (Å²) in [6.45, 7) is 0. The van der Waals surface area contributed by atoms with Crippen molar-refractivity contribution in [2.24, 2.45) is 0 Å². The quantitative estimate of drug-likeness (QED) is 0.519. The van der Waals surface area contributed by atoms with Crippen LogP contribution in [-0.2, 0) is 36.2 Å². The molecule has 0 heterocycles. The van der Waals surface area contributed by atoms with Crippen molar-refractivity contribution in [1.82, 2.24) is 0 Å². The molecule has 63 valence electrons. The fraction of sp³-hybridized carbons (Fsp3) is 0. The van der Waals surface area contributed by atoms with Crippen molar-refractivity contribution in [3.05, 3.63) is 24.3 Å². The molecule has 0 amide bonds. The second-order valence-electron chi connectivity index (χ2n) is 2.08. The van der Waals surface area contributed by atoms with E-state index in [1.807, 2.05) is 0 Å². The van der Waals surface area contributed by atoms with Gasteiger partial charge in [-0.05, 0) is 0 Å². The van der Waals surface area contributed by atoms with Crippen LogP contribution in [0.5, 0.6) is 0 Å². The van der Waals surface area contributed by atoms with Crippen LogP contribution in [0, 0.1) is 0 Å². The van der Waals surface area contributed by atoms with Crippen LogP contribution in [0.25, 0.3) is 0 Å². The van der Waals surface area contributed by atoms with E-state index in [0.29, 0.717) is 0 Å². The number of hydrogen-bond acceptors (Lipinski definition) is 2. The van der Waals surface area contributed by atoms with E-state index in [1.54, 1.807) is 18.2 Å². The fourth-order valence-electron chi connectivity index (χ4n) is 0.755. The Bertz CT molecular complexity index is 360. The second kappa shape index (κ2) is 4.31. The third-order valence-corrected chi connectivity index (χ3v) is 5.60. The second-order valence-corrected chi connectivity index (χ2v) is 6.43. The topological polar surface area (TPSA) is 85.9 Å². The molecule has 0 atom stereocenters. The summed E-state index contributed by atoms with van der Waals surface area (Å²) in [5.41, 5.74) is 0. The van der Waals surface area contributed by atoms with E-state index in [1.165, 1.54) is 6.07 Å². The van der Waals surface area contributed by atoms with Gasteiger partial charge in [0.25, 0.3) is 0 Å². The van der Waals surface area contributed by atoms with Crippen molar-refractivity contribution >= 4 is 13.2 Å². The molecule has 1 rings (SSSR count). The molecule has 0 unspecified atom stereocenters. The molecule has 3 N–H and O–H groups in total. The molecule has 1 aromatic rings. The van der Waals surface area contributed by atoms with Crippen LogP contribution in [0.15, 0.2) is 29.2 Å². The van der Waals surface area contributed by atoms with E-state index in [4.69, 9.17) is 4.55 Å². The van der Waals surface area contributed by atoms with Gasteiger partial charge in [-0.3, -0.25) is 0 Å². The Morgan fingerprint density at radius 2 is 1.75 bits per heavy atom. The third-order valence-electron chi connectivity index (χ3n) is 1.25. The molecule has 0 radical (unpaired) electrons. The van der Waals surface area contributed by atoms with Gasteiger partial charge in [-0.25, -0.2) is 0 Å². The Kier molecular flexibility index (Phi) is 4.32. The summed E-state index contributed by atoms with van der Waals surface area (Å²) in [5, 5.41) is 0. The Balaban J connectivity index is 0.00000121. The normalized spacial score (nSPS) is 10.6. The molecular weight excluding hydrogens is 369 g/mol. The van der Waals surface area contributed by atoms with Gasteiger partial charge in [0, 0.05) is 0 Å². The number of benzene rings is 1. The number of hydrogen-bond donors (Lipinski definition) is 1. The molecule has 12 heavy (non-hydrogen) atoms. The first kappa shape index (κ1) is 12.0. The van der Waals surface area contributed by atoms with Crippen LogP contribution in [0.2, 0.25) is 0 Å². The minimum absolute atomic E-state index is 0. The maximum atomic E-state index is 10.6. The van der Waals surface area contributed by atoms with Gasteiger partial charge in [0.05, 0.1) is 0 Å². The van der Waals surface area contributed by atoms with Gasteiger partial charge >= 0.3 is 81.4 Å². The molecule has 1 aromatic carbocycles. The van der Waals surface area contributed by atoms with E-state index in [-0.39, 0.29) is 36.5 Å². The summed E-state index contributed by atoms with van der Waals surface area (Å²) in [4.78, 5) is 0.0586. The predicted molar refractivity (Wildman–Crippen MR) is 39.5 cm³/mol. The van der Waals surface area contributed by atoms with E-state index in [9.17, 15) is 8.42 Å². The van der Waals surface area contributed by atoms with Crippen molar-refractivity contribution < 1.29 is 44.6 Å². The van der Waals surface area contributed by atoms with Gasteiger partial charge < -0.3 is 5.48 Å². The molecule has 0 aliphatic heterocycles. The summed E-state index contributed by atoms with van der Waals surface area (Å²) in [6.07, 6.45) is 0. The minimum atomic E-state index is -3.98. The fourth-order valence-corrected chi connectivity index (χ4v) is 4.52. The van der Waals surface area contributed by atoms with E-state index < -0.39 is 10.1 Å². The van der Waals surface area contributed by atoms with Crippen LogP contribution in [0.3, 0.4) is 0 Å². The summed E-state index contributed by atoms with van der Waals surface area (Å²) in [6, 6.07) is 6.49. The molecule has 0 fully saturated rings. The van der Waals surface area contributed by atoms with Crippen LogP contribution < -0.4 is 3.07 Å². The first-order valence-corrected chi connectivity index (χ1v) is 7.09. The van der Waals surface area contributed by atoms with Gasteiger partial charge in [-0.15, -0.1) is 0 Å². The monoisotopic (exact) mass is 377 g/mol. The standard InChI is InChI=1S/C6H5O3S.Hg.H2O/c7-10(8,9)6-4-2-1-3-5-6;;/h1-4H,(H,7,8,9);;1H2. The molecular formula is C6H7HgO4S. The van der Waals surface area contributed by atoms with Crippen molar-refractivity contribution in [3.63, 3.8) is 0 Å². The van der Waals surface area contributed by atoms with E-state index in [2.05, 4.69) is 0 Å². The first-order valence-electron chi connectivity index (χ1n) is 2.90. The molecule has 0 spiro atoms. The molecule has 0 saturated heterocycles. The molecule has 0 aliphatic rings. The van der Waals surface area contributed by atoms with Gasteiger partial charge in [0.2, 0.25) is 0 Å². The van der Waals surface area contributed by atoms with Crippen LogP contribution in [0.4, 0.5) is 0 Å². The van der Waals surface area contributed by atoms with Gasteiger partial charge in [-0.2, -0.15) is 0 Å². The zero-order valence-corrected chi connectivity index (χ0v) is 12.5. The zero-order chi connectivity index (χ0) is 8.48. The maximum absolute atomic E-state index is 10.6. The summed E-state index contributed by atoms with van der Waals surface area (Å²) in [5.74, 6) is 0. The molecule has 6 heteroatoms. The van der Waals surface area contributed by atoms with Gasteiger partial charge in [-0.1, -0.05) is 0 Å². The van der Waals surface area contributed by atoms with Gasteiger partial charge in [0.1, 0.15) is 0 Å². The summed E-state index contributed by atoms with van der Waals surface area (Å²) >= 11 is 0.213. The van der Waals surface area contributed by atoms with E-state index >= 15 is 0 Å². The summed E-state index contributed by atoms with van der Waals surface area (Å²) in [7, 11) is -3.98. The number of rotatable bonds is 1. The first-order chi connectivity index (χ1) is 5.02. The summed E-state index contributed by atoms with van der Waals surface area (Å²) < 4.78 is 30.7. The van der Waals surface area contributed by atoms with Crippen molar-refractivity contribution in [3.8, 4) is 0 Å². The van der Waals surface area contributed by atoms with Crippen molar-refractivity contribution in [2.45, 2.75) is 4.90 Å². The molecule has 4 nitrogen and oxygen atoms in total. The average molecular weight is 376 g/mol. The van der Waals surface area contributed by atoms with E-state index in [0.717, 1.165) is 3.07 Å². The van der Waals surface area contributed by atoms with Crippen molar-refractivity contribution in [2.75, 3.05) is 0 Å². The molecule has 0 bridgehead atoms. The average Bonchev–Trinajstić information content (AvgIpc) is 1.86. The third kappa shape index (κ3) is 2.82. The SMILES string of the molecule is O.O=S(=O)(O)c1cccc[c]1[Hg]. The van der Waals surface area contributed by atoms with Crippen LogP contribution in [0.1, 0.15) is 0 Å². The molecule has 0 aliphatic carbocycles. The molecule has 0 saturated carbocycles. The Labute approximate surface area is 86.6 Å². The Morgan fingerprint density at radius 1 is 1.25 bits per heavy atom. The predicted octanol–water partition coefficient (Wildman–Crippen LogP) is -0.719. The van der Waals surface area contributed by atoms with Gasteiger partial charge in [0.15, 0.2) is 0 Å². The Morgan fingerprint density at radius 3 is 2.08 bits per heavy atom. The Hall–Kier alpha value is 0.0251. The zero-order valence-electron chi connectivity index (χ0n) is 6.19. The van der Waals surface area contributed by atoms with Crippen LogP contribution >= 0.6 is 0 Å². The molecule has 0 aromatic heterocycles.